The zero-order valence-corrected chi connectivity index (χ0v) is 13.5. The zero-order valence-electron chi connectivity index (χ0n) is 13.5. The number of para-hydroxylation sites is 1. The summed E-state index contributed by atoms with van der Waals surface area (Å²) in [5.41, 5.74) is 0. The molecule has 7 heteroatoms. The van der Waals surface area contributed by atoms with Gasteiger partial charge in [0.2, 0.25) is 5.91 Å². The monoisotopic (exact) mass is 324 g/mol. The smallest absolute Gasteiger partial charge is 0.258 e. The maximum atomic E-state index is 12.0. The first kappa shape index (κ1) is 18.9. The van der Waals surface area contributed by atoms with Crippen LogP contribution in [0.3, 0.4) is 0 Å². The number of rotatable bonds is 10. The van der Waals surface area contributed by atoms with Gasteiger partial charge in [0.25, 0.3) is 5.91 Å². The fraction of sp³-hybridized carbons (Fsp3) is 0.500. The van der Waals surface area contributed by atoms with E-state index in [-0.39, 0.29) is 19.1 Å². The largest absolute Gasteiger partial charge is 0.484 e. The Morgan fingerprint density at radius 1 is 1.22 bits per heavy atom. The van der Waals surface area contributed by atoms with E-state index < -0.39 is 18.0 Å². The maximum absolute atomic E-state index is 12.0. The van der Waals surface area contributed by atoms with Gasteiger partial charge in [-0.25, -0.2) is 0 Å². The predicted octanol–water partition coefficient (Wildman–Crippen LogP) is 0.0837. The summed E-state index contributed by atoms with van der Waals surface area (Å²) in [5, 5.41) is 14.4. The topological polar surface area (TPSA) is 96.9 Å². The van der Waals surface area contributed by atoms with E-state index in [9.17, 15) is 14.7 Å². The molecule has 0 aliphatic heterocycles. The van der Waals surface area contributed by atoms with E-state index in [1.54, 1.807) is 38.3 Å². The third kappa shape index (κ3) is 7.62. The van der Waals surface area contributed by atoms with Gasteiger partial charge in [0, 0.05) is 13.7 Å². The molecule has 23 heavy (non-hydrogen) atoms. The van der Waals surface area contributed by atoms with E-state index in [2.05, 4.69) is 10.6 Å². The number of benzene rings is 1. The molecule has 0 spiro atoms. The molecule has 2 amide bonds. The molecule has 7 nitrogen and oxygen atoms in total. The highest BCUT2D eigenvalue weighted by molar-refractivity contribution is 5.87. The van der Waals surface area contributed by atoms with Crippen molar-refractivity contribution in [1.82, 2.24) is 10.6 Å². The number of aliphatic hydroxyl groups is 1. The molecule has 2 atom stereocenters. The lowest BCUT2D eigenvalue weighted by atomic mass is 10.2. The van der Waals surface area contributed by atoms with E-state index in [4.69, 9.17) is 9.47 Å². The molecular formula is C16H24N2O5. The molecule has 0 heterocycles. The summed E-state index contributed by atoms with van der Waals surface area (Å²) < 4.78 is 10.2. The number of hydrogen-bond donors (Lipinski definition) is 3. The van der Waals surface area contributed by atoms with Crippen molar-refractivity contribution in [2.45, 2.75) is 25.4 Å². The summed E-state index contributed by atoms with van der Waals surface area (Å²) >= 11 is 0. The summed E-state index contributed by atoms with van der Waals surface area (Å²) in [6, 6.07) is 7.81. The molecule has 1 aromatic carbocycles. The number of amides is 2. The average Bonchev–Trinajstić information content (AvgIpc) is 2.57. The van der Waals surface area contributed by atoms with Crippen LogP contribution in [0.4, 0.5) is 0 Å². The van der Waals surface area contributed by atoms with Gasteiger partial charge >= 0.3 is 0 Å². The van der Waals surface area contributed by atoms with Crippen LogP contribution in [0, 0.1) is 0 Å². The van der Waals surface area contributed by atoms with Crippen LogP contribution in [0.2, 0.25) is 0 Å². The number of methoxy groups -OCH3 is 1. The van der Waals surface area contributed by atoms with Crippen LogP contribution >= 0.6 is 0 Å². The highest BCUT2D eigenvalue weighted by atomic mass is 16.5. The first-order valence-corrected chi connectivity index (χ1v) is 7.44. The van der Waals surface area contributed by atoms with Crippen molar-refractivity contribution in [3.8, 4) is 5.75 Å². The molecule has 0 saturated carbocycles. The van der Waals surface area contributed by atoms with E-state index >= 15 is 0 Å². The number of carbonyl (C=O) groups excluding carboxylic acids is 2. The second-order valence-corrected chi connectivity index (χ2v) is 5.06. The van der Waals surface area contributed by atoms with Gasteiger partial charge in [0.1, 0.15) is 11.8 Å². The van der Waals surface area contributed by atoms with Crippen molar-refractivity contribution in [2.24, 2.45) is 0 Å². The highest BCUT2D eigenvalue weighted by Crippen LogP contribution is 2.07. The van der Waals surface area contributed by atoms with Gasteiger partial charge in [-0.15, -0.1) is 0 Å². The van der Waals surface area contributed by atoms with Gasteiger partial charge in [-0.05, 0) is 25.5 Å². The van der Waals surface area contributed by atoms with Gasteiger partial charge in [-0.1, -0.05) is 18.2 Å². The average molecular weight is 324 g/mol. The molecule has 0 saturated heterocycles. The van der Waals surface area contributed by atoms with Crippen LogP contribution in [0.5, 0.6) is 5.75 Å². The lowest BCUT2D eigenvalue weighted by Crippen LogP contribution is -2.50. The Labute approximate surface area is 136 Å². The number of hydrogen-bond acceptors (Lipinski definition) is 5. The van der Waals surface area contributed by atoms with Crippen molar-refractivity contribution in [2.75, 3.05) is 26.9 Å². The minimum atomic E-state index is -0.724. The third-order valence-electron chi connectivity index (χ3n) is 3.12. The molecule has 1 aromatic rings. The Kier molecular flexibility index (Phi) is 8.71. The minimum absolute atomic E-state index is 0.172. The molecule has 3 N–H and O–H groups in total. The molecule has 128 valence electrons. The van der Waals surface area contributed by atoms with Crippen molar-refractivity contribution in [1.29, 1.82) is 0 Å². The summed E-state index contributed by atoms with van der Waals surface area (Å²) in [5.74, 6) is -0.179. The van der Waals surface area contributed by atoms with Gasteiger partial charge < -0.3 is 25.2 Å². The van der Waals surface area contributed by atoms with Gasteiger partial charge in [0.15, 0.2) is 6.61 Å². The fourth-order valence-electron chi connectivity index (χ4n) is 1.81. The van der Waals surface area contributed by atoms with Crippen LogP contribution in [-0.4, -0.2) is 55.9 Å². The minimum Gasteiger partial charge on any atom is -0.484 e. The Bertz CT molecular complexity index is 481. The molecule has 0 aliphatic rings. The zero-order chi connectivity index (χ0) is 17.1. The molecule has 0 unspecified atom stereocenters. The van der Waals surface area contributed by atoms with E-state index in [0.29, 0.717) is 18.8 Å². The van der Waals surface area contributed by atoms with Crippen molar-refractivity contribution >= 4 is 11.8 Å². The second kappa shape index (κ2) is 10.6. The van der Waals surface area contributed by atoms with Crippen LogP contribution in [0.1, 0.15) is 13.3 Å². The summed E-state index contributed by atoms with van der Waals surface area (Å²) in [7, 11) is 1.55. The third-order valence-corrected chi connectivity index (χ3v) is 3.12. The Hall–Kier alpha value is -2.12. The fourth-order valence-corrected chi connectivity index (χ4v) is 1.81. The number of carbonyl (C=O) groups is 2. The summed E-state index contributed by atoms with van der Waals surface area (Å²) in [6.07, 6.45) is 0.497. The maximum Gasteiger partial charge on any atom is 0.258 e. The van der Waals surface area contributed by atoms with Crippen LogP contribution in [0.15, 0.2) is 30.3 Å². The molecule has 0 radical (unpaired) electrons. The molecular weight excluding hydrogens is 300 g/mol. The normalized spacial score (nSPS) is 13.0. The van der Waals surface area contributed by atoms with Crippen molar-refractivity contribution in [3.63, 3.8) is 0 Å². The van der Waals surface area contributed by atoms with Crippen molar-refractivity contribution in [3.05, 3.63) is 30.3 Å². The van der Waals surface area contributed by atoms with E-state index in [1.165, 1.54) is 0 Å². The molecule has 0 aliphatic carbocycles. The quantitative estimate of drug-likeness (QED) is 0.566. The lowest BCUT2D eigenvalue weighted by Gasteiger charge is -2.19. The lowest BCUT2D eigenvalue weighted by molar-refractivity contribution is -0.130. The first-order chi connectivity index (χ1) is 11.1. The SMILES string of the molecule is COCC[C@@H](CO)NC(=O)[C@H](C)NC(=O)COc1ccccc1. The Morgan fingerprint density at radius 3 is 2.52 bits per heavy atom. The molecule has 0 fully saturated rings. The predicted molar refractivity (Wildman–Crippen MR) is 85.1 cm³/mol. The van der Waals surface area contributed by atoms with Crippen molar-refractivity contribution < 1.29 is 24.2 Å². The highest BCUT2D eigenvalue weighted by Gasteiger charge is 2.19. The molecule has 0 bridgehead atoms. The molecule has 0 aromatic heterocycles. The number of nitrogens with one attached hydrogen (secondary N) is 2. The van der Waals surface area contributed by atoms with E-state index in [1.807, 2.05) is 6.07 Å². The Balaban J connectivity index is 2.34. The van der Waals surface area contributed by atoms with Gasteiger partial charge in [0.05, 0.1) is 12.6 Å². The summed E-state index contributed by atoms with van der Waals surface area (Å²) in [4.78, 5) is 23.7. The van der Waals surface area contributed by atoms with E-state index in [0.717, 1.165) is 0 Å². The number of aliphatic hydroxyl groups excluding tert-OH is 1. The molecule has 1 rings (SSSR count). The Morgan fingerprint density at radius 2 is 1.91 bits per heavy atom. The first-order valence-electron chi connectivity index (χ1n) is 7.44. The van der Waals surface area contributed by atoms with Crippen LogP contribution < -0.4 is 15.4 Å². The standard InChI is InChI=1S/C16H24N2O5/c1-12(16(21)18-13(10-19)8-9-22-2)17-15(20)11-23-14-6-4-3-5-7-14/h3-7,12-13,19H,8-11H2,1-2H3,(H,17,20)(H,18,21)/t12-,13-/m0/s1. The van der Waals surface area contributed by atoms with Gasteiger partial charge in [-0.2, -0.15) is 0 Å². The van der Waals surface area contributed by atoms with Gasteiger partial charge in [-0.3, -0.25) is 9.59 Å². The second-order valence-electron chi connectivity index (χ2n) is 5.06. The summed E-state index contributed by atoms with van der Waals surface area (Å²) in [6.45, 7) is 1.64. The van der Waals surface area contributed by atoms with Crippen LogP contribution in [0.25, 0.3) is 0 Å². The van der Waals surface area contributed by atoms with Crippen LogP contribution in [-0.2, 0) is 14.3 Å². The number of ether oxygens (including phenoxy) is 2.